The van der Waals surface area contributed by atoms with Crippen LogP contribution in [0.15, 0.2) is 36.0 Å². The highest BCUT2D eigenvalue weighted by Gasteiger charge is 2.45. The van der Waals surface area contributed by atoms with Gasteiger partial charge >= 0.3 is 0 Å². The lowest BCUT2D eigenvalue weighted by molar-refractivity contribution is -0.113. The van der Waals surface area contributed by atoms with E-state index in [9.17, 15) is 9.18 Å². The molecule has 0 spiro atoms. The van der Waals surface area contributed by atoms with Gasteiger partial charge in [0.2, 0.25) is 0 Å². The summed E-state index contributed by atoms with van der Waals surface area (Å²) in [6.45, 7) is 4.17. The standard InChI is InChI=1S/C18H17FN2O.C2H6S/c1-18-9-12-10-20-21(16-6-4-15(19)5-7-16)17(12)8-13(18)2-3-14(18)11-22;1-2-3/h4-8,10-11,14H,2-3,9H2,1H3;3H,2H2,1H3. The van der Waals surface area contributed by atoms with Crippen LogP contribution in [0.25, 0.3) is 11.8 Å². The van der Waals surface area contributed by atoms with Crippen LogP contribution in [0, 0.1) is 17.2 Å². The van der Waals surface area contributed by atoms with Crippen molar-refractivity contribution in [3.63, 3.8) is 0 Å². The third-order valence-electron chi connectivity index (χ3n) is 5.27. The first kappa shape index (κ1) is 17.9. The highest BCUT2D eigenvalue weighted by Crippen LogP contribution is 2.52. The fourth-order valence-electron chi connectivity index (χ4n) is 3.88. The Morgan fingerprint density at radius 2 is 2.08 bits per heavy atom. The van der Waals surface area contributed by atoms with Crippen LogP contribution in [0.2, 0.25) is 0 Å². The molecule has 1 fully saturated rings. The van der Waals surface area contributed by atoms with E-state index in [4.69, 9.17) is 0 Å². The largest absolute Gasteiger partial charge is 0.303 e. The number of benzene rings is 1. The van der Waals surface area contributed by atoms with Crippen LogP contribution in [0.4, 0.5) is 4.39 Å². The van der Waals surface area contributed by atoms with Crippen LogP contribution in [0.3, 0.4) is 0 Å². The highest BCUT2D eigenvalue weighted by atomic mass is 32.1. The van der Waals surface area contributed by atoms with E-state index in [1.165, 1.54) is 17.7 Å². The van der Waals surface area contributed by atoms with Crippen LogP contribution in [0.5, 0.6) is 0 Å². The van der Waals surface area contributed by atoms with Gasteiger partial charge in [0.25, 0.3) is 0 Å². The van der Waals surface area contributed by atoms with Gasteiger partial charge in [-0.2, -0.15) is 17.7 Å². The minimum Gasteiger partial charge on any atom is -0.303 e. The summed E-state index contributed by atoms with van der Waals surface area (Å²) in [6.07, 6.45) is 7.90. The summed E-state index contributed by atoms with van der Waals surface area (Å²) in [5, 5.41) is 4.47. The Labute approximate surface area is 153 Å². The van der Waals surface area contributed by atoms with Gasteiger partial charge in [0.1, 0.15) is 12.1 Å². The van der Waals surface area contributed by atoms with Crippen LogP contribution in [-0.4, -0.2) is 21.8 Å². The Bertz CT molecular complexity index is 797. The first-order valence-corrected chi connectivity index (χ1v) is 9.26. The van der Waals surface area contributed by atoms with Gasteiger partial charge in [-0.25, -0.2) is 9.07 Å². The number of aldehydes is 1. The monoisotopic (exact) mass is 358 g/mol. The van der Waals surface area contributed by atoms with Gasteiger partial charge in [0, 0.05) is 11.3 Å². The molecule has 1 saturated carbocycles. The molecule has 1 heterocycles. The molecule has 2 unspecified atom stereocenters. The quantitative estimate of drug-likeness (QED) is 0.633. The summed E-state index contributed by atoms with van der Waals surface area (Å²) >= 11 is 3.79. The summed E-state index contributed by atoms with van der Waals surface area (Å²) in [4.78, 5) is 11.4. The second kappa shape index (κ2) is 7.16. The van der Waals surface area contributed by atoms with E-state index >= 15 is 0 Å². The predicted octanol–water partition coefficient (Wildman–Crippen LogP) is 4.50. The number of hydrogen-bond acceptors (Lipinski definition) is 3. The molecule has 1 aromatic carbocycles. The van der Waals surface area contributed by atoms with E-state index in [0.717, 1.165) is 48.2 Å². The van der Waals surface area contributed by atoms with Gasteiger partial charge in [-0.05, 0) is 60.9 Å². The van der Waals surface area contributed by atoms with E-state index in [1.54, 1.807) is 12.1 Å². The normalized spacial score (nSPS) is 23.8. The maximum absolute atomic E-state index is 13.1. The van der Waals surface area contributed by atoms with Gasteiger partial charge in [-0.3, -0.25) is 0 Å². The molecule has 2 aromatic rings. The third kappa shape index (κ3) is 3.17. The molecule has 25 heavy (non-hydrogen) atoms. The lowest BCUT2D eigenvalue weighted by Gasteiger charge is -2.33. The minimum absolute atomic E-state index is 0.0641. The number of allylic oxidation sites excluding steroid dienone is 1. The van der Waals surface area contributed by atoms with Crippen LogP contribution >= 0.6 is 12.6 Å². The van der Waals surface area contributed by atoms with Crippen molar-refractivity contribution >= 4 is 25.0 Å². The van der Waals surface area contributed by atoms with Crippen molar-refractivity contribution in [2.45, 2.75) is 33.1 Å². The Hall–Kier alpha value is -1.88. The number of carbonyl (C=O) groups excluding carboxylic acids is 1. The summed E-state index contributed by atoms with van der Waals surface area (Å²) in [5.74, 6) is 0.793. The number of thiol groups is 1. The number of nitrogens with zero attached hydrogens (tertiary/aromatic N) is 2. The molecule has 132 valence electrons. The molecular formula is C20H23FN2OS. The zero-order valence-electron chi connectivity index (χ0n) is 14.6. The van der Waals surface area contributed by atoms with Crippen molar-refractivity contribution in [3.05, 3.63) is 53.1 Å². The van der Waals surface area contributed by atoms with Crippen molar-refractivity contribution in [1.82, 2.24) is 9.78 Å². The molecule has 0 bridgehead atoms. The Kier molecular flexibility index (Phi) is 5.13. The van der Waals surface area contributed by atoms with E-state index in [0.29, 0.717) is 0 Å². The Balaban J connectivity index is 0.000000569. The van der Waals surface area contributed by atoms with E-state index in [2.05, 4.69) is 30.7 Å². The topological polar surface area (TPSA) is 34.9 Å². The van der Waals surface area contributed by atoms with Crippen LogP contribution in [-0.2, 0) is 11.2 Å². The molecule has 2 atom stereocenters. The molecule has 0 saturated heterocycles. The zero-order chi connectivity index (χ0) is 18.0. The molecule has 2 aliphatic carbocycles. The number of fused-ring (bicyclic) bond motifs is 2. The number of carbonyl (C=O) groups is 1. The van der Waals surface area contributed by atoms with Gasteiger partial charge in [-0.15, -0.1) is 0 Å². The van der Waals surface area contributed by atoms with Crippen molar-refractivity contribution in [3.8, 4) is 5.69 Å². The average Bonchev–Trinajstić information content (AvgIpc) is 3.13. The van der Waals surface area contributed by atoms with E-state index < -0.39 is 0 Å². The maximum atomic E-state index is 13.1. The third-order valence-corrected chi connectivity index (χ3v) is 5.27. The van der Waals surface area contributed by atoms with Crippen LogP contribution < -0.4 is 0 Å². The van der Waals surface area contributed by atoms with Gasteiger partial charge < -0.3 is 4.79 Å². The molecule has 2 aliphatic rings. The molecular weight excluding hydrogens is 335 g/mol. The number of rotatable bonds is 2. The van der Waals surface area contributed by atoms with Crippen molar-refractivity contribution in [1.29, 1.82) is 0 Å². The van der Waals surface area contributed by atoms with Crippen molar-refractivity contribution in [2.24, 2.45) is 11.3 Å². The second-order valence-corrected chi connectivity index (χ2v) is 7.44. The van der Waals surface area contributed by atoms with Gasteiger partial charge in [0.05, 0.1) is 17.6 Å². The Morgan fingerprint density at radius 1 is 1.40 bits per heavy atom. The summed E-state index contributed by atoms with van der Waals surface area (Å²) < 4.78 is 15.0. The molecule has 4 rings (SSSR count). The molecule has 0 N–H and O–H groups in total. The molecule has 1 aromatic heterocycles. The summed E-state index contributed by atoms with van der Waals surface area (Å²) in [5.41, 5.74) is 4.34. The number of halogens is 1. The zero-order valence-corrected chi connectivity index (χ0v) is 15.5. The number of hydrogen-bond donors (Lipinski definition) is 1. The van der Waals surface area contributed by atoms with Gasteiger partial charge in [-0.1, -0.05) is 19.4 Å². The van der Waals surface area contributed by atoms with E-state index in [-0.39, 0.29) is 17.2 Å². The average molecular weight is 358 g/mol. The molecule has 0 amide bonds. The highest BCUT2D eigenvalue weighted by molar-refractivity contribution is 7.80. The fraction of sp³-hybridized carbons (Fsp3) is 0.400. The minimum atomic E-state index is -0.250. The smallest absolute Gasteiger partial charge is 0.123 e. The van der Waals surface area contributed by atoms with Crippen LogP contribution in [0.1, 0.15) is 37.9 Å². The molecule has 3 nitrogen and oxygen atoms in total. The second-order valence-electron chi connectivity index (χ2n) is 6.80. The molecule has 0 aliphatic heterocycles. The number of aromatic nitrogens is 2. The van der Waals surface area contributed by atoms with Gasteiger partial charge in [0.15, 0.2) is 0 Å². The summed E-state index contributed by atoms with van der Waals surface area (Å²) in [6, 6.07) is 6.36. The van der Waals surface area contributed by atoms with E-state index in [1.807, 2.05) is 17.8 Å². The SMILES string of the molecule is CC12Cc3cnn(-c4ccc(F)cc4)c3C=C1CCC2C=O.CCS. The maximum Gasteiger partial charge on any atom is 0.123 e. The molecule has 0 radical (unpaired) electrons. The fourth-order valence-corrected chi connectivity index (χ4v) is 3.88. The Morgan fingerprint density at radius 3 is 2.72 bits per heavy atom. The lowest BCUT2D eigenvalue weighted by atomic mass is 9.70. The molecule has 5 heteroatoms. The lowest BCUT2D eigenvalue weighted by Crippen LogP contribution is -2.29. The summed E-state index contributed by atoms with van der Waals surface area (Å²) in [7, 11) is 0. The first-order chi connectivity index (χ1) is 12.0. The predicted molar refractivity (Wildman–Crippen MR) is 102 cm³/mol. The first-order valence-electron chi connectivity index (χ1n) is 8.63. The van der Waals surface area contributed by atoms with Crippen molar-refractivity contribution < 1.29 is 9.18 Å². The van der Waals surface area contributed by atoms with Crippen molar-refractivity contribution in [2.75, 3.05) is 5.75 Å².